The Morgan fingerprint density at radius 3 is 2.22 bits per heavy atom. The Balaban J connectivity index is 1.41. The minimum absolute atomic E-state index is 0.0740. The lowest BCUT2D eigenvalue weighted by Gasteiger charge is -2.35. The summed E-state index contributed by atoms with van der Waals surface area (Å²) in [4.78, 5) is 17.8. The molecule has 0 saturated carbocycles. The highest BCUT2D eigenvalue weighted by Crippen LogP contribution is 2.22. The first-order valence-corrected chi connectivity index (χ1v) is 14.9. The Morgan fingerprint density at radius 1 is 0.838 bits per heavy atom. The number of aryl methyl sites for hydroxylation is 3. The number of carbonyl (C=O) groups is 1. The van der Waals surface area contributed by atoms with Crippen molar-refractivity contribution in [1.29, 1.82) is 0 Å². The minimum Gasteiger partial charge on any atom is -0.336 e. The smallest absolute Gasteiger partial charge is 0.254 e. The van der Waals surface area contributed by atoms with Gasteiger partial charge in [-0.2, -0.15) is 0 Å². The van der Waals surface area contributed by atoms with Gasteiger partial charge in [0.25, 0.3) is 5.91 Å². The van der Waals surface area contributed by atoms with Gasteiger partial charge in [-0.3, -0.25) is 9.69 Å². The molecule has 1 aliphatic rings. The Bertz CT molecular complexity index is 1320. The lowest BCUT2D eigenvalue weighted by atomic mass is 10.1. The third-order valence-electron chi connectivity index (χ3n) is 7.15. The van der Waals surface area contributed by atoms with E-state index < -0.39 is 9.84 Å². The van der Waals surface area contributed by atoms with Gasteiger partial charge in [-0.25, -0.2) is 8.42 Å². The SMILES string of the molecule is CCCCc1ccc(CS(=O)(=O)c2ccc(C)c(C(=O)N3CCN(Cc4cccc(C)c4)CC3)c2)cc1. The van der Waals surface area contributed by atoms with Crippen LogP contribution in [0, 0.1) is 13.8 Å². The number of piperazine rings is 1. The van der Waals surface area contributed by atoms with Crippen LogP contribution in [0.1, 0.15) is 57.9 Å². The van der Waals surface area contributed by atoms with Gasteiger partial charge in [0.15, 0.2) is 9.84 Å². The quantitative estimate of drug-likeness (QED) is 0.371. The highest BCUT2D eigenvalue weighted by molar-refractivity contribution is 7.90. The Labute approximate surface area is 222 Å². The molecule has 3 aromatic carbocycles. The first kappa shape index (κ1) is 27.1. The third kappa shape index (κ3) is 7.08. The molecule has 0 bridgehead atoms. The number of rotatable bonds is 9. The lowest BCUT2D eigenvalue weighted by Crippen LogP contribution is -2.48. The fourth-order valence-corrected chi connectivity index (χ4v) is 6.23. The Hall–Kier alpha value is -2.96. The number of amides is 1. The molecule has 1 fully saturated rings. The van der Waals surface area contributed by atoms with Gasteiger partial charge in [0.1, 0.15) is 0 Å². The highest BCUT2D eigenvalue weighted by Gasteiger charge is 2.25. The molecule has 6 heteroatoms. The molecular formula is C31H38N2O3S. The summed E-state index contributed by atoms with van der Waals surface area (Å²) >= 11 is 0. The third-order valence-corrected chi connectivity index (χ3v) is 8.83. The van der Waals surface area contributed by atoms with E-state index in [2.05, 4.69) is 43.0 Å². The van der Waals surface area contributed by atoms with E-state index >= 15 is 0 Å². The van der Waals surface area contributed by atoms with E-state index in [1.807, 2.05) is 36.1 Å². The lowest BCUT2D eigenvalue weighted by molar-refractivity contribution is 0.0627. The molecule has 0 spiro atoms. The van der Waals surface area contributed by atoms with Gasteiger partial charge in [-0.1, -0.05) is 73.5 Å². The first-order valence-electron chi connectivity index (χ1n) is 13.2. The number of hydrogen-bond acceptors (Lipinski definition) is 4. The molecule has 4 rings (SSSR count). The van der Waals surface area contributed by atoms with Crippen LogP contribution in [0.3, 0.4) is 0 Å². The van der Waals surface area contributed by atoms with Crippen molar-refractivity contribution in [3.05, 3.63) is 100 Å². The maximum absolute atomic E-state index is 13.4. The van der Waals surface area contributed by atoms with Crippen molar-refractivity contribution in [1.82, 2.24) is 9.80 Å². The topological polar surface area (TPSA) is 57.7 Å². The zero-order chi connectivity index (χ0) is 26.4. The largest absolute Gasteiger partial charge is 0.336 e. The van der Waals surface area contributed by atoms with Crippen molar-refractivity contribution in [2.45, 2.75) is 57.2 Å². The van der Waals surface area contributed by atoms with Gasteiger partial charge >= 0.3 is 0 Å². The van der Waals surface area contributed by atoms with Gasteiger partial charge < -0.3 is 4.90 Å². The van der Waals surface area contributed by atoms with Crippen molar-refractivity contribution in [2.24, 2.45) is 0 Å². The van der Waals surface area contributed by atoms with E-state index in [1.54, 1.807) is 18.2 Å². The van der Waals surface area contributed by atoms with Crippen LogP contribution in [0.5, 0.6) is 0 Å². The van der Waals surface area contributed by atoms with Crippen LogP contribution >= 0.6 is 0 Å². The van der Waals surface area contributed by atoms with Crippen molar-refractivity contribution >= 4 is 15.7 Å². The predicted molar refractivity (Wildman–Crippen MR) is 149 cm³/mol. The second-order valence-electron chi connectivity index (χ2n) is 10.2. The summed E-state index contributed by atoms with van der Waals surface area (Å²) in [7, 11) is -3.57. The van der Waals surface area contributed by atoms with E-state index in [9.17, 15) is 13.2 Å². The number of unbranched alkanes of at least 4 members (excludes halogenated alkanes) is 1. The van der Waals surface area contributed by atoms with Crippen LogP contribution in [-0.4, -0.2) is 50.3 Å². The van der Waals surface area contributed by atoms with Gasteiger partial charge in [0.2, 0.25) is 0 Å². The number of carbonyl (C=O) groups excluding carboxylic acids is 1. The van der Waals surface area contributed by atoms with Crippen LogP contribution < -0.4 is 0 Å². The molecular weight excluding hydrogens is 480 g/mol. The molecule has 37 heavy (non-hydrogen) atoms. The summed E-state index contributed by atoms with van der Waals surface area (Å²) < 4.78 is 26.5. The normalized spacial score (nSPS) is 14.6. The molecule has 0 aromatic heterocycles. The zero-order valence-electron chi connectivity index (χ0n) is 22.2. The van der Waals surface area contributed by atoms with E-state index in [1.165, 1.54) is 16.7 Å². The van der Waals surface area contributed by atoms with Crippen LogP contribution in [0.15, 0.2) is 71.6 Å². The number of hydrogen-bond donors (Lipinski definition) is 0. The predicted octanol–water partition coefficient (Wildman–Crippen LogP) is 5.58. The monoisotopic (exact) mass is 518 g/mol. The zero-order valence-corrected chi connectivity index (χ0v) is 23.1. The second-order valence-corrected chi connectivity index (χ2v) is 12.2. The maximum atomic E-state index is 13.4. The number of nitrogens with zero attached hydrogens (tertiary/aromatic N) is 2. The van der Waals surface area contributed by atoms with Crippen LogP contribution in [0.2, 0.25) is 0 Å². The van der Waals surface area contributed by atoms with E-state index in [0.717, 1.165) is 50.0 Å². The number of benzene rings is 3. The molecule has 1 amide bonds. The summed E-state index contributed by atoms with van der Waals surface area (Å²) in [5.41, 5.74) is 5.79. The molecule has 196 valence electrons. The Morgan fingerprint density at radius 2 is 1.54 bits per heavy atom. The maximum Gasteiger partial charge on any atom is 0.254 e. The van der Waals surface area contributed by atoms with Gasteiger partial charge in [-0.15, -0.1) is 0 Å². The molecule has 0 aliphatic carbocycles. The van der Waals surface area contributed by atoms with Gasteiger partial charge in [0, 0.05) is 38.3 Å². The molecule has 3 aromatic rings. The summed E-state index contributed by atoms with van der Waals surface area (Å²) in [6.07, 6.45) is 3.26. The highest BCUT2D eigenvalue weighted by atomic mass is 32.2. The van der Waals surface area contributed by atoms with Crippen molar-refractivity contribution in [3.63, 3.8) is 0 Å². The standard InChI is InChI=1S/C31H38N2O3S/c1-4-5-8-26-11-13-27(14-12-26)23-37(35,36)29-15-10-25(3)30(21-29)31(34)33-18-16-32(17-19-33)22-28-9-6-7-24(2)20-28/h6-7,9-15,20-21H,4-5,8,16-19,22-23H2,1-3H3. The second kappa shape index (κ2) is 12.1. The fraction of sp³-hybridized carbons (Fsp3) is 0.387. The fourth-order valence-electron chi connectivity index (χ4n) is 4.86. The van der Waals surface area contributed by atoms with E-state index in [0.29, 0.717) is 18.7 Å². The average Bonchev–Trinajstić information content (AvgIpc) is 2.88. The van der Waals surface area contributed by atoms with Crippen molar-refractivity contribution in [2.75, 3.05) is 26.2 Å². The molecule has 1 saturated heterocycles. The molecule has 0 atom stereocenters. The summed E-state index contributed by atoms with van der Waals surface area (Å²) in [5.74, 6) is -0.167. The average molecular weight is 519 g/mol. The summed E-state index contributed by atoms with van der Waals surface area (Å²) in [5, 5.41) is 0. The Kier molecular flexibility index (Phi) is 8.83. The van der Waals surface area contributed by atoms with Crippen molar-refractivity contribution in [3.8, 4) is 0 Å². The van der Waals surface area contributed by atoms with E-state index in [-0.39, 0.29) is 16.6 Å². The van der Waals surface area contributed by atoms with Crippen LogP contribution in [0.4, 0.5) is 0 Å². The molecule has 5 nitrogen and oxygen atoms in total. The number of sulfone groups is 1. The van der Waals surface area contributed by atoms with Crippen LogP contribution in [0.25, 0.3) is 0 Å². The summed E-state index contributed by atoms with van der Waals surface area (Å²) in [6, 6.07) is 21.3. The first-order chi connectivity index (χ1) is 17.7. The molecule has 0 unspecified atom stereocenters. The molecule has 0 radical (unpaired) electrons. The molecule has 0 N–H and O–H groups in total. The van der Waals surface area contributed by atoms with Gasteiger partial charge in [0.05, 0.1) is 10.6 Å². The van der Waals surface area contributed by atoms with Crippen LogP contribution in [-0.2, 0) is 28.6 Å². The van der Waals surface area contributed by atoms with Gasteiger partial charge in [-0.05, 0) is 61.1 Å². The summed E-state index contributed by atoms with van der Waals surface area (Å²) in [6.45, 7) is 9.85. The molecule has 1 aliphatic heterocycles. The molecule has 1 heterocycles. The van der Waals surface area contributed by atoms with Crippen molar-refractivity contribution < 1.29 is 13.2 Å². The van der Waals surface area contributed by atoms with E-state index in [4.69, 9.17) is 0 Å². The minimum atomic E-state index is -3.57.